The predicted molar refractivity (Wildman–Crippen MR) is 113 cm³/mol. The number of hydrogen-bond donors (Lipinski definition) is 3. The first-order valence-electron chi connectivity index (χ1n) is 7.96. The fourth-order valence-electron chi connectivity index (χ4n) is 2.36. The molecule has 0 saturated heterocycles. The molecule has 1 aromatic carbocycles. The number of carbonyl (C=O) groups is 1. The fraction of sp³-hybridized carbons (Fsp3) is 0.412. The average molecular weight is 420 g/mol. The molecule has 27 heavy (non-hydrogen) atoms. The smallest absolute Gasteiger partial charge is 0.274 e. The van der Waals surface area contributed by atoms with Crippen molar-refractivity contribution < 1.29 is 14.3 Å². The van der Waals surface area contributed by atoms with Crippen molar-refractivity contribution in [3.63, 3.8) is 0 Å². The number of aromatic nitrogens is 1. The third-order valence-corrected chi connectivity index (χ3v) is 3.64. The van der Waals surface area contributed by atoms with Crippen LogP contribution in [0.1, 0.15) is 16.9 Å². The highest BCUT2D eigenvalue weighted by atomic mass is 35.5. The molecule has 152 valence electrons. The van der Waals surface area contributed by atoms with E-state index in [1.54, 1.807) is 13.2 Å². The number of fused-ring (bicyclic) bond motifs is 1. The van der Waals surface area contributed by atoms with Gasteiger partial charge in [0.1, 0.15) is 17.2 Å². The van der Waals surface area contributed by atoms with Gasteiger partial charge in [-0.2, -0.15) is 0 Å². The molecular formula is C17H27Cl2N5O3. The molecule has 0 aliphatic carbocycles. The topological polar surface area (TPSA) is 105 Å². The molecule has 1 amide bonds. The Hall–Kier alpha value is -2.16. The number of H-pyrrole nitrogens is 1. The number of aromatic amines is 1. The van der Waals surface area contributed by atoms with Crippen LogP contribution in [0.25, 0.3) is 10.9 Å². The second kappa shape index (κ2) is 11.5. The van der Waals surface area contributed by atoms with Gasteiger partial charge in [0.25, 0.3) is 5.91 Å². The van der Waals surface area contributed by atoms with Gasteiger partial charge in [0, 0.05) is 31.1 Å². The Kier molecular flexibility index (Phi) is 10.6. The van der Waals surface area contributed by atoms with E-state index in [2.05, 4.69) is 20.2 Å². The van der Waals surface area contributed by atoms with E-state index in [0.717, 1.165) is 23.9 Å². The lowest BCUT2D eigenvalue weighted by molar-refractivity contribution is 0.0972. The van der Waals surface area contributed by atoms with Crippen LogP contribution in [-0.2, 0) is 0 Å². The molecule has 0 unspecified atom stereocenters. The summed E-state index contributed by atoms with van der Waals surface area (Å²) in [6.45, 7) is 1.55. The molecule has 2 aromatic rings. The van der Waals surface area contributed by atoms with Crippen LogP contribution in [-0.4, -0.2) is 63.2 Å². The summed E-state index contributed by atoms with van der Waals surface area (Å²) >= 11 is 0. The van der Waals surface area contributed by atoms with E-state index >= 15 is 0 Å². The average Bonchev–Trinajstić information content (AvgIpc) is 3.01. The highest BCUT2D eigenvalue weighted by Gasteiger charge is 2.14. The number of amides is 1. The van der Waals surface area contributed by atoms with E-state index < -0.39 is 0 Å². The van der Waals surface area contributed by atoms with Crippen molar-refractivity contribution in [1.29, 1.82) is 0 Å². The maximum atomic E-state index is 12.2. The molecule has 8 nitrogen and oxygen atoms in total. The van der Waals surface area contributed by atoms with Gasteiger partial charge in [-0.15, -0.1) is 24.8 Å². The summed E-state index contributed by atoms with van der Waals surface area (Å²) in [5.74, 6) is 1.01. The normalized spacial score (nSPS) is 10.9. The maximum Gasteiger partial charge on any atom is 0.274 e. The van der Waals surface area contributed by atoms with Crippen molar-refractivity contribution in [3.05, 3.63) is 23.9 Å². The molecule has 0 spiro atoms. The number of methoxy groups -OCH3 is 1. The van der Waals surface area contributed by atoms with Gasteiger partial charge in [-0.05, 0) is 26.6 Å². The minimum atomic E-state index is -0.366. The predicted octanol–water partition coefficient (Wildman–Crippen LogP) is 2.02. The van der Waals surface area contributed by atoms with Crippen LogP contribution >= 0.6 is 24.8 Å². The summed E-state index contributed by atoms with van der Waals surface area (Å²) in [4.78, 5) is 21.0. The molecule has 1 aromatic heterocycles. The molecule has 0 radical (unpaired) electrons. The Balaban J connectivity index is 0.00000338. The maximum absolute atomic E-state index is 12.2. The number of aliphatic imine (C=N–C) groups is 1. The third-order valence-electron chi connectivity index (χ3n) is 3.64. The Morgan fingerprint density at radius 2 is 2.00 bits per heavy atom. The number of carbonyl (C=O) groups excluding carboxylic acids is 1. The zero-order chi connectivity index (χ0) is 18.4. The molecule has 0 fully saturated rings. The zero-order valence-electron chi connectivity index (χ0n) is 15.9. The lowest BCUT2D eigenvalue weighted by Gasteiger charge is -2.11. The highest BCUT2D eigenvalue weighted by molar-refractivity contribution is 6.07. The van der Waals surface area contributed by atoms with Crippen molar-refractivity contribution >= 4 is 47.6 Å². The number of ether oxygens (including phenoxy) is 2. The molecule has 0 aliphatic rings. The van der Waals surface area contributed by atoms with Crippen LogP contribution in [0.3, 0.4) is 0 Å². The van der Waals surface area contributed by atoms with Gasteiger partial charge in [0.05, 0.1) is 19.2 Å². The Labute approximate surface area is 171 Å². The van der Waals surface area contributed by atoms with Crippen LogP contribution in [0.5, 0.6) is 11.5 Å². The van der Waals surface area contributed by atoms with Crippen molar-refractivity contribution in [2.24, 2.45) is 10.7 Å². The number of nitrogens with one attached hydrogen (secondary N) is 2. The minimum Gasteiger partial charge on any atom is -0.496 e. The summed E-state index contributed by atoms with van der Waals surface area (Å²) < 4.78 is 11.2. The Morgan fingerprint density at radius 1 is 1.30 bits per heavy atom. The fourth-order valence-corrected chi connectivity index (χ4v) is 2.36. The minimum absolute atomic E-state index is 0. The molecule has 10 heteroatoms. The van der Waals surface area contributed by atoms with Crippen LogP contribution in [0.2, 0.25) is 0 Å². The molecule has 1 heterocycles. The molecule has 0 saturated carbocycles. The number of guanidine groups is 1. The Morgan fingerprint density at radius 3 is 2.59 bits per heavy atom. The monoisotopic (exact) mass is 419 g/mol. The summed E-state index contributed by atoms with van der Waals surface area (Å²) in [6, 6.07) is 5.37. The van der Waals surface area contributed by atoms with E-state index in [1.165, 1.54) is 7.05 Å². The van der Waals surface area contributed by atoms with E-state index in [4.69, 9.17) is 15.2 Å². The number of rotatable bonds is 7. The number of benzene rings is 1. The summed E-state index contributed by atoms with van der Waals surface area (Å²) in [5.41, 5.74) is 6.65. The first-order chi connectivity index (χ1) is 11.9. The van der Waals surface area contributed by atoms with Gasteiger partial charge >= 0.3 is 0 Å². The Bertz CT molecular complexity index is 777. The van der Waals surface area contributed by atoms with Crippen molar-refractivity contribution in [3.8, 4) is 11.5 Å². The van der Waals surface area contributed by atoms with E-state index in [0.29, 0.717) is 23.8 Å². The summed E-state index contributed by atoms with van der Waals surface area (Å²) in [6.07, 6.45) is 0.918. The van der Waals surface area contributed by atoms with Crippen LogP contribution < -0.4 is 20.5 Å². The lowest BCUT2D eigenvalue weighted by Crippen LogP contribution is -2.36. The SMILES string of the molecule is CN=C(N)NC(=O)c1cc2c(OC)cc(OCCCN(C)C)cc2[nH]1.Cl.Cl. The van der Waals surface area contributed by atoms with E-state index in [1.807, 2.05) is 26.2 Å². The first kappa shape index (κ1) is 24.8. The molecule has 0 atom stereocenters. The molecular weight excluding hydrogens is 393 g/mol. The van der Waals surface area contributed by atoms with E-state index in [9.17, 15) is 4.79 Å². The van der Waals surface area contributed by atoms with Gasteiger partial charge in [0.2, 0.25) is 0 Å². The first-order valence-corrected chi connectivity index (χ1v) is 7.96. The third kappa shape index (κ3) is 6.82. The van der Waals surface area contributed by atoms with Gasteiger partial charge in [-0.3, -0.25) is 15.1 Å². The summed E-state index contributed by atoms with van der Waals surface area (Å²) in [5, 5.41) is 3.28. The number of hydrogen-bond acceptors (Lipinski definition) is 5. The second-order valence-electron chi connectivity index (χ2n) is 5.84. The van der Waals surface area contributed by atoms with Crippen molar-refractivity contribution in [2.45, 2.75) is 6.42 Å². The number of nitrogens with zero attached hydrogens (tertiary/aromatic N) is 2. The van der Waals surface area contributed by atoms with Gasteiger partial charge in [-0.25, -0.2) is 0 Å². The van der Waals surface area contributed by atoms with Crippen LogP contribution in [0, 0.1) is 0 Å². The quantitative estimate of drug-likeness (QED) is 0.361. The van der Waals surface area contributed by atoms with Crippen LogP contribution in [0.4, 0.5) is 0 Å². The van der Waals surface area contributed by atoms with Gasteiger partial charge < -0.3 is 25.1 Å². The standard InChI is InChI=1S/C17H25N5O3.2ClH/c1-19-17(18)21-16(23)14-10-12-13(20-14)8-11(9-15(12)24-4)25-7-5-6-22(2)3;;/h8-10,20H,5-7H2,1-4H3,(H3,18,19,21,23);2*1H. The van der Waals surface area contributed by atoms with Gasteiger partial charge in [0.15, 0.2) is 5.96 Å². The molecule has 0 aliphatic heterocycles. The highest BCUT2D eigenvalue weighted by Crippen LogP contribution is 2.31. The van der Waals surface area contributed by atoms with Crippen molar-refractivity contribution in [2.75, 3.05) is 41.4 Å². The van der Waals surface area contributed by atoms with Gasteiger partial charge in [-0.1, -0.05) is 0 Å². The van der Waals surface area contributed by atoms with Crippen molar-refractivity contribution in [1.82, 2.24) is 15.2 Å². The van der Waals surface area contributed by atoms with Crippen LogP contribution in [0.15, 0.2) is 23.2 Å². The zero-order valence-corrected chi connectivity index (χ0v) is 17.5. The van der Waals surface area contributed by atoms with E-state index in [-0.39, 0.29) is 36.7 Å². The molecule has 0 bridgehead atoms. The largest absolute Gasteiger partial charge is 0.496 e. The molecule has 2 rings (SSSR count). The lowest BCUT2D eigenvalue weighted by atomic mass is 10.2. The molecule has 4 N–H and O–H groups in total. The number of halogens is 2. The second-order valence-corrected chi connectivity index (χ2v) is 5.84. The number of nitrogens with two attached hydrogens (primary N) is 1. The summed E-state index contributed by atoms with van der Waals surface area (Å²) in [7, 11) is 7.13.